The van der Waals surface area contributed by atoms with E-state index in [1.54, 1.807) is 24.4 Å². The second-order valence-electron chi connectivity index (χ2n) is 9.39. The molecular weight excluding hydrogens is 524 g/mol. The minimum atomic E-state index is -0.662. The number of pyridine rings is 1. The first-order valence-corrected chi connectivity index (χ1v) is 13.0. The van der Waals surface area contributed by atoms with Crippen LogP contribution in [-0.4, -0.2) is 76.3 Å². The Morgan fingerprint density at radius 3 is 2.85 bits per heavy atom. The quantitative estimate of drug-likeness (QED) is 0.365. The Hall–Kier alpha value is -3.80. The van der Waals surface area contributed by atoms with Crippen LogP contribution in [0.25, 0.3) is 11.3 Å². The van der Waals surface area contributed by atoms with Gasteiger partial charge in [0.05, 0.1) is 36.7 Å². The molecular formula is C27H29ClN6O5. The molecule has 2 aliphatic rings. The number of nitrogens with zero attached hydrogens (tertiary/aromatic N) is 4. The summed E-state index contributed by atoms with van der Waals surface area (Å²) in [6.07, 6.45) is 4.82. The van der Waals surface area contributed by atoms with Crippen LogP contribution in [0.2, 0.25) is 5.02 Å². The SMILES string of the molecule is COc1cc([C@@H](CO)NC(=O)CN2Cc3ccc(-c4nc(NC5CCOCC5)ncc4Cl)cc3C2=O)ccn1. The zero-order valence-electron chi connectivity index (χ0n) is 21.4. The van der Waals surface area contributed by atoms with E-state index in [4.69, 9.17) is 21.1 Å². The summed E-state index contributed by atoms with van der Waals surface area (Å²) in [5.41, 5.74) is 3.14. The van der Waals surface area contributed by atoms with Gasteiger partial charge in [0.1, 0.15) is 6.54 Å². The normalized spacial score (nSPS) is 16.1. The average Bonchev–Trinajstić information content (AvgIpc) is 3.27. The standard InChI is InChI=1S/C27H29ClN6O5/c1-38-24-11-16(4-7-29-24)22(15-35)32-23(36)14-34-13-18-3-2-17(10-20(18)26(34)37)25-21(28)12-30-27(33-25)31-19-5-8-39-9-6-19/h2-4,7,10-12,19,22,35H,5-6,8-9,13-15H2,1H3,(H,32,36)(H,30,31,33)/t22-/m1/s1. The van der Waals surface area contributed by atoms with E-state index in [9.17, 15) is 14.7 Å². The number of aliphatic hydroxyl groups is 1. The number of rotatable bonds is 9. The molecule has 3 aromatic rings. The van der Waals surface area contributed by atoms with Crippen LogP contribution in [-0.2, 0) is 16.1 Å². The molecule has 0 saturated carbocycles. The highest BCUT2D eigenvalue weighted by molar-refractivity contribution is 6.33. The van der Waals surface area contributed by atoms with Gasteiger partial charge in [-0.15, -0.1) is 0 Å². The van der Waals surface area contributed by atoms with Crippen LogP contribution in [0, 0.1) is 0 Å². The monoisotopic (exact) mass is 552 g/mol. The second kappa shape index (κ2) is 11.9. The molecule has 11 nitrogen and oxygen atoms in total. The molecule has 2 aliphatic heterocycles. The van der Waals surface area contributed by atoms with Crippen molar-refractivity contribution in [3.8, 4) is 17.1 Å². The van der Waals surface area contributed by atoms with Gasteiger partial charge in [-0.1, -0.05) is 23.7 Å². The molecule has 1 fully saturated rings. The molecule has 204 valence electrons. The van der Waals surface area contributed by atoms with Gasteiger partial charge in [-0.3, -0.25) is 9.59 Å². The number of methoxy groups -OCH3 is 1. The van der Waals surface area contributed by atoms with E-state index in [-0.39, 0.29) is 25.1 Å². The summed E-state index contributed by atoms with van der Waals surface area (Å²) in [5.74, 6) is 0.181. The molecule has 39 heavy (non-hydrogen) atoms. The highest BCUT2D eigenvalue weighted by atomic mass is 35.5. The summed E-state index contributed by atoms with van der Waals surface area (Å²) >= 11 is 6.44. The highest BCUT2D eigenvalue weighted by Gasteiger charge is 2.30. The number of aromatic nitrogens is 3. The van der Waals surface area contributed by atoms with Gasteiger partial charge >= 0.3 is 0 Å². The maximum atomic E-state index is 13.2. The minimum absolute atomic E-state index is 0.158. The van der Waals surface area contributed by atoms with Crippen LogP contribution in [0.1, 0.15) is 40.4 Å². The van der Waals surface area contributed by atoms with Crippen molar-refractivity contribution in [2.24, 2.45) is 0 Å². The minimum Gasteiger partial charge on any atom is -0.481 e. The lowest BCUT2D eigenvalue weighted by atomic mass is 10.0. The van der Waals surface area contributed by atoms with Crippen LogP contribution >= 0.6 is 11.6 Å². The van der Waals surface area contributed by atoms with Crippen LogP contribution in [0.5, 0.6) is 5.88 Å². The largest absolute Gasteiger partial charge is 0.481 e. The van der Waals surface area contributed by atoms with Crippen LogP contribution in [0.4, 0.5) is 5.95 Å². The average molecular weight is 553 g/mol. The van der Waals surface area contributed by atoms with Gasteiger partial charge in [0.15, 0.2) is 0 Å². The van der Waals surface area contributed by atoms with Crippen molar-refractivity contribution < 1.29 is 24.2 Å². The van der Waals surface area contributed by atoms with Gasteiger partial charge in [-0.2, -0.15) is 0 Å². The Kier molecular flexibility index (Phi) is 8.20. The van der Waals surface area contributed by atoms with Crippen LogP contribution in [0.15, 0.2) is 42.7 Å². The number of hydrogen-bond donors (Lipinski definition) is 3. The number of halogens is 1. The van der Waals surface area contributed by atoms with Gasteiger partial charge in [-0.25, -0.2) is 15.0 Å². The summed E-state index contributed by atoms with van der Waals surface area (Å²) < 4.78 is 10.5. The number of fused-ring (bicyclic) bond motifs is 1. The highest BCUT2D eigenvalue weighted by Crippen LogP contribution is 2.31. The molecule has 0 unspecified atom stereocenters. The van der Waals surface area contributed by atoms with E-state index in [2.05, 4.69) is 25.6 Å². The number of carbonyl (C=O) groups excluding carboxylic acids is 2. The fourth-order valence-electron chi connectivity index (χ4n) is 4.70. The number of aliphatic hydroxyl groups excluding tert-OH is 1. The molecule has 5 rings (SSSR count). The summed E-state index contributed by atoms with van der Waals surface area (Å²) in [4.78, 5) is 40.5. The topological polar surface area (TPSA) is 139 Å². The Labute approximate surface area is 230 Å². The lowest BCUT2D eigenvalue weighted by molar-refractivity contribution is -0.122. The van der Waals surface area contributed by atoms with E-state index in [1.807, 2.05) is 12.1 Å². The zero-order valence-corrected chi connectivity index (χ0v) is 22.1. The number of ether oxygens (including phenoxy) is 2. The molecule has 1 atom stereocenters. The summed E-state index contributed by atoms with van der Waals surface area (Å²) in [6.45, 7) is 1.21. The van der Waals surface area contributed by atoms with Crippen molar-refractivity contribution in [1.82, 2.24) is 25.2 Å². The van der Waals surface area contributed by atoms with Crippen molar-refractivity contribution in [3.63, 3.8) is 0 Å². The number of benzene rings is 1. The number of anilines is 1. The van der Waals surface area contributed by atoms with Crippen LogP contribution < -0.4 is 15.4 Å². The first-order chi connectivity index (χ1) is 18.9. The first kappa shape index (κ1) is 26.8. The van der Waals surface area contributed by atoms with Gasteiger partial charge in [0, 0.05) is 49.2 Å². The molecule has 0 aliphatic carbocycles. The number of nitrogens with one attached hydrogen (secondary N) is 2. The Morgan fingerprint density at radius 2 is 2.08 bits per heavy atom. The summed E-state index contributed by atoms with van der Waals surface area (Å²) in [7, 11) is 1.49. The van der Waals surface area contributed by atoms with E-state index < -0.39 is 11.9 Å². The third kappa shape index (κ3) is 6.11. The zero-order chi connectivity index (χ0) is 27.4. The predicted octanol–water partition coefficient (Wildman–Crippen LogP) is 2.60. The van der Waals surface area contributed by atoms with Gasteiger partial charge in [-0.05, 0) is 36.1 Å². The number of amides is 2. The van der Waals surface area contributed by atoms with E-state index in [1.165, 1.54) is 18.2 Å². The third-order valence-electron chi connectivity index (χ3n) is 6.78. The number of carbonyl (C=O) groups is 2. The molecule has 0 spiro atoms. The predicted molar refractivity (Wildman–Crippen MR) is 143 cm³/mol. The molecule has 2 amide bonds. The maximum Gasteiger partial charge on any atom is 0.254 e. The lowest BCUT2D eigenvalue weighted by Crippen LogP contribution is -2.40. The molecule has 4 heterocycles. The van der Waals surface area contributed by atoms with Crippen molar-refractivity contribution in [2.75, 3.05) is 38.8 Å². The van der Waals surface area contributed by atoms with Crippen molar-refractivity contribution in [1.29, 1.82) is 0 Å². The Morgan fingerprint density at radius 1 is 1.26 bits per heavy atom. The molecule has 3 N–H and O–H groups in total. The maximum absolute atomic E-state index is 13.2. The molecule has 12 heteroatoms. The second-order valence-corrected chi connectivity index (χ2v) is 9.80. The van der Waals surface area contributed by atoms with Gasteiger partial charge < -0.3 is 30.1 Å². The van der Waals surface area contributed by atoms with Crippen molar-refractivity contribution in [2.45, 2.75) is 31.5 Å². The molecule has 1 saturated heterocycles. The van der Waals surface area contributed by atoms with E-state index in [0.717, 1.165) is 18.4 Å². The molecule has 0 radical (unpaired) electrons. The van der Waals surface area contributed by atoms with Crippen LogP contribution in [0.3, 0.4) is 0 Å². The fourth-order valence-corrected chi connectivity index (χ4v) is 4.90. The molecule has 1 aromatic carbocycles. The van der Waals surface area contributed by atoms with E-state index >= 15 is 0 Å². The smallest absolute Gasteiger partial charge is 0.254 e. The van der Waals surface area contributed by atoms with Gasteiger partial charge in [0.2, 0.25) is 17.7 Å². The first-order valence-electron chi connectivity index (χ1n) is 12.6. The molecule has 0 bridgehead atoms. The van der Waals surface area contributed by atoms with Gasteiger partial charge in [0.25, 0.3) is 5.91 Å². The fraction of sp³-hybridized carbons (Fsp3) is 0.370. The molecule has 2 aromatic heterocycles. The summed E-state index contributed by atoms with van der Waals surface area (Å²) in [5, 5.41) is 16.3. The van der Waals surface area contributed by atoms with E-state index in [0.29, 0.717) is 59.0 Å². The van der Waals surface area contributed by atoms with Crippen molar-refractivity contribution >= 4 is 29.4 Å². The number of hydrogen-bond acceptors (Lipinski definition) is 9. The third-order valence-corrected chi connectivity index (χ3v) is 7.06. The van der Waals surface area contributed by atoms with Crippen molar-refractivity contribution in [3.05, 3.63) is 64.4 Å². The lowest BCUT2D eigenvalue weighted by Gasteiger charge is -2.23. The Balaban J connectivity index is 1.27. The summed E-state index contributed by atoms with van der Waals surface area (Å²) in [6, 6.07) is 8.35. The Bertz CT molecular complexity index is 1370.